The van der Waals surface area contributed by atoms with Crippen LogP contribution in [0.1, 0.15) is 86.5 Å². The zero-order valence-corrected chi connectivity index (χ0v) is 20.5. The lowest BCUT2D eigenvalue weighted by molar-refractivity contribution is -0.181. The Labute approximate surface area is 192 Å². The Morgan fingerprint density at radius 3 is 2.22 bits per heavy atom. The molecule has 176 valence electrons. The Hall–Kier alpha value is -1.91. The van der Waals surface area contributed by atoms with E-state index in [2.05, 4.69) is 27.4 Å². The summed E-state index contributed by atoms with van der Waals surface area (Å²) < 4.78 is 11.5. The minimum absolute atomic E-state index is 0.0171. The van der Waals surface area contributed by atoms with Gasteiger partial charge in [0, 0.05) is 25.7 Å². The van der Waals surface area contributed by atoms with E-state index in [1.165, 1.54) is 25.0 Å². The number of rotatable bonds is 3. The molecule has 7 atom stereocenters. The first-order chi connectivity index (χ1) is 14.9. The smallest absolute Gasteiger partial charge is 0.303 e. The van der Waals surface area contributed by atoms with Gasteiger partial charge in [-0.3, -0.25) is 14.4 Å². The number of fused-ring (bicyclic) bond motifs is 5. The van der Waals surface area contributed by atoms with E-state index in [0.29, 0.717) is 11.8 Å². The molecule has 5 heteroatoms. The fourth-order valence-corrected chi connectivity index (χ4v) is 8.49. The SMILES string of the molecule is C=C1C[C@@H]2[C@H]3CC(C)=C4C[C@@H](OC(C)=O)CC[C@]4(C)[C@@H]3CC[C@]2(C)[C@]1(OC(C)=O)C(C)=O. The van der Waals surface area contributed by atoms with Gasteiger partial charge in [-0.15, -0.1) is 0 Å². The van der Waals surface area contributed by atoms with Crippen molar-refractivity contribution >= 4 is 17.7 Å². The van der Waals surface area contributed by atoms with Crippen LogP contribution in [-0.2, 0) is 23.9 Å². The van der Waals surface area contributed by atoms with Gasteiger partial charge in [0.15, 0.2) is 11.4 Å². The van der Waals surface area contributed by atoms with E-state index in [1.54, 1.807) is 6.92 Å². The van der Waals surface area contributed by atoms with E-state index in [4.69, 9.17) is 9.47 Å². The predicted octanol–water partition coefficient (Wildman–Crippen LogP) is 5.33. The molecular formula is C27H38O5. The molecule has 0 bridgehead atoms. The number of hydrogen-bond donors (Lipinski definition) is 0. The molecule has 4 rings (SSSR count). The van der Waals surface area contributed by atoms with E-state index in [1.807, 2.05) is 0 Å². The molecule has 4 aliphatic rings. The molecule has 0 aliphatic heterocycles. The molecule has 0 aromatic carbocycles. The molecular weight excluding hydrogens is 404 g/mol. The highest BCUT2D eigenvalue weighted by molar-refractivity contribution is 5.92. The van der Waals surface area contributed by atoms with Crippen molar-refractivity contribution < 1.29 is 23.9 Å². The number of esters is 2. The Balaban J connectivity index is 1.72. The largest absolute Gasteiger partial charge is 0.462 e. The van der Waals surface area contributed by atoms with Crippen molar-refractivity contribution in [1.82, 2.24) is 0 Å². The highest BCUT2D eigenvalue weighted by Crippen LogP contribution is 2.69. The number of Topliss-reactive ketones (excluding diaryl/α,β-unsaturated/α-hetero) is 1. The summed E-state index contributed by atoms with van der Waals surface area (Å²) in [6.45, 7) is 15.5. The lowest BCUT2D eigenvalue weighted by Gasteiger charge is -2.59. The summed E-state index contributed by atoms with van der Waals surface area (Å²) >= 11 is 0. The molecule has 0 spiro atoms. The molecule has 3 fully saturated rings. The Bertz CT molecular complexity index is 915. The van der Waals surface area contributed by atoms with Crippen LogP contribution in [-0.4, -0.2) is 29.4 Å². The van der Waals surface area contributed by atoms with E-state index < -0.39 is 17.0 Å². The van der Waals surface area contributed by atoms with Crippen LogP contribution in [0.25, 0.3) is 0 Å². The van der Waals surface area contributed by atoms with Gasteiger partial charge in [0.25, 0.3) is 0 Å². The van der Waals surface area contributed by atoms with Gasteiger partial charge < -0.3 is 9.47 Å². The highest BCUT2D eigenvalue weighted by atomic mass is 16.6. The average Bonchev–Trinajstić information content (AvgIpc) is 2.90. The minimum atomic E-state index is -1.21. The topological polar surface area (TPSA) is 69.7 Å². The maximum absolute atomic E-state index is 13.0. The highest BCUT2D eigenvalue weighted by Gasteiger charge is 2.69. The van der Waals surface area contributed by atoms with Crippen molar-refractivity contribution in [2.75, 3.05) is 0 Å². The Kier molecular flexibility index (Phi) is 5.50. The first kappa shape index (κ1) is 23.3. The monoisotopic (exact) mass is 442 g/mol. The number of carbonyl (C=O) groups is 3. The van der Waals surface area contributed by atoms with E-state index in [-0.39, 0.29) is 29.2 Å². The Morgan fingerprint density at radius 1 is 0.938 bits per heavy atom. The standard InChI is InChI=1S/C27H38O5/c1-15-12-21-22(25(6)10-8-20(14-23(15)25)31-18(4)29)9-11-26(7)24(21)13-16(2)27(26,17(3)28)32-19(5)30/h20-22,24H,2,8-14H2,1,3-7H3/t20-,21-,22+,24+,25+,26-,27+/m0/s1. The van der Waals surface area contributed by atoms with Crippen LogP contribution >= 0.6 is 0 Å². The Morgan fingerprint density at radius 2 is 1.62 bits per heavy atom. The predicted molar refractivity (Wildman–Crippen MR) is 122 cm³/mol. The maximum atomic E-state index is 13.0. The molecule has 0 amide bonds. The second-order valence-corrected chi connectivity index (χ2v) is 11.3. The summed E-state index contributed by atoms with van der Waals surface area (Å²) in [5.74, 6) is 0.499. The molecule has 32 heavy (non-hydrogen) atoms. The lowest BCUT2D eigenvalue weighted by Crippen LogP contribution is -2.59. The molecule has 5 nitrogen and oxygen atoms in total. The summed E-state index contributed by atoms with van der Waals surface area (Å²) in [5.41, 5.74) is 2.12. The molecule has 0 heterocycles. The number of ketones is 1. The van der Waals surface area contributed by atoms with Crippen molar-refractivity contribution in [3.63, 3.8) is 0 Å². The lowest BCUT2D eigenvalue weighted by atomic mass is 9.45. The molecule has 0 saturated heterocycles. The maximum Gasteiger partial charge on any atom is 0.303 e. The zero-order valence-electron chi connectivity index (χ0n) is 20.5. The van der Waals surface area contributed by atoms with Crippen molar-refractivity contribution in [1.29, 1.82) is 0 Å². The average molecular weight is 443 g/mol. The molecule has 0 N–H and O–H groups in total. The summed E-state index contributed by atoms with van der Waals surface area (Å²) in [4.78, 5) is 36.7. The first-order valence-corrected chi connectivity index (χ1v) is 12.1. The van der Waals surface area contributed by atoms with Gasteiger partial charge >= 0.3 is 11.9 Å². The fourth-order valence-electron chi connectivity index (χ4n) is 8.49. The molecule has 0 aromatic rings. The van der Waals surface area contributed by atoms with Gasteiger partial charge in [-0.05, 0) is 81.1 Å². The van der Waals surface area contributed by atoms with Crippen LogP contribution in [0.2, 0.25) is 0 Å². The van der Waals surface area contributed by atoms with Gasteiger partial charge in [0.05, 0.1) is 0 Å². The fraction of sp³-hybridized carbons (Fsp3) is 0.741. The summed E-state index contributed by atoms with van der Waals surface area (Å²) in [7, 11) is 0. The number of allylic oxidation sites excluding steroid dienone is 1. The van der Waals surface area contributed by atoms with Crippen LogP contribution in [0.3, 0.4) is 0 Å². The minimum Gasteiger partial charge on any atom is -0.462 e. The third-order valence-electron chi connectivity index (χ3n) is 9.70. The summed E-state index contributed by atoms with van der Waals surface area (Å²) in [6, 6.07) is 0. The van der Waals surface area contributed by atoms with Crippen molar-refractivity contribution in [2.24, 2.45) is 28.6 Å². The summed E-state index contributed by atoms with van der Waals surface area (Å²) in [5, 5.41) is 0. The first-order valence-electron chi connectivity index (χ1n) is 12.1. The number of hydrogen-bond acceptors (Lipinski definition) is 5. The van der Waals surface area contributed by atoms with Crippen molar-refractivity contribution in [3.8, 4) is 0 Å². The van der Waals surface area contributed by atoms with Crippen LogP contribution in [0.5, 0.6) is 0 Å². The van der Waals surface area contributed by atoms with Crippen LogP contribution in [0.15, 0.2) is 23.3 Å². The van der Waals surface area contributed by atoms with Gasteiger partial charge in [0.1, 0.15) is 6.10 Å². The zero-order chi connectivity index (χ0) is 23.6. The van der Waals surface area contributed by atoms with Crippen molar-refractivity contribution in [3.05, 3.63) is 23.3 Å². The number of ether oxygens (including phenoxy) is 2. The second kappa shape index (κ2) is 7.56. The van der Waals surface area contributed by atoms with Gasteiger partial charge in [-0.25, -0.2) is 0 Å². The second-order valence-electron chi connectivity index (χ2n) is 11.3. The van der Waals surface area contributed by atoms with Crippen LogP contribution in [0.4, 0.5) is 0 Å². The quantitative estimate of drug-likeness (QED) is 0.437. The van der Waals surface area contributed by atoms with Gasteiger partial charge in [-0.2, -0.15) is 0 Å². The third kappa shape index (κ3) is 3.06. The van der Waals surface area contributed by atoms with E-state index in [9.17, 15) is 14.4 Å². The molecule has 0 aromatic heterocycles. The van der Waals surface area contributed by atoms with Crippen LogP contribution in [0, 0.1) is 28.6 Å². The van der Waals surface area contributed by atoms with E-state index >= 15 is 0 Å². The number of carbonyl (C=O) groups excluding carboxylic acids is 3. The molecule has 3 saturated carbocycles. The van der Waals surface area contributed by atoms with Crippen LogP contribution < -0.4 is 0 Å². The van der Waals surface area contributed by atoms with Gasteiger partial charge in [-0.1, -0.05) is 31.6 Å². The molecule has 4 aliphatic carbocycles. The normalized spacial score (nSPS) is 43.1. The van der Waals surface area contributed by atoms with E-state index in [0.717, 1.165) is 50.5 Å². The van der Waals surface area contributed by atoms with Gasteiger partial charge in [0.2, 0.25) is 0 Å². The van der Waals surface area contributed by atoms with Crippen molar-refractivity contribution in [2.45, 2.75) is 98.2 Å². The summed E-state index contributed by atoms with van der Waals surface area (Å²) in [6.07, 6.45) is 6.32. The molecule has 0 radical (unpaired) electrons. The molecule has 0 unspecified atom stereocenters. The third-order valence-corrected chi connectivity index (χ3v) is 9.70.